The molecule has 3 rings (SSSR count). The predicted molar refractivity (Wildman–Crippen MR) is 103 cm³/mol. The summed E-state index contributed by atoms with van der Waals surface area (Å²) < 4.78 is 97.4. The van der Waals surface area contributed by atoms with E-state index in [0.717, 1.165) is 24.1 Å². The minimum atomic E-state index is -5.21. The molecule has 2 aromatic heterocycles. The maximum absolute atomic E-state index is 13.6. The number of halogens is 7. The molecule has 0 atom stereocenters. The molecule has 0 N–H and O–H groups in total. The van der Waals surface area contributed by atoms with Gasteiger partial charge in [-0.25, -0.2) is 9.37 Å². The van der Waals surface area contributed by atoms with Crippen LogP contribution in [0.1, 0.15) is 21.7 Å². The zero-order chi connectivity index (χ0) is 24.6. The van der Waals surface area contributed by atoms with Gasteiger partial charge in [0.05, 0.1) is 19.0 Å². The highest BCUT2D eigenvalue weighted by Gasteiger charge is 2.39. The molecule has 174 valence electrons. The number of anilines is 1. The summed E-state index contributed by atoms with van der Waals surface area (Å²) in [5.41, 5.74) is -3.97. The molecule has 0 fully saturated rings. The fourth-order valence-corrected chi connectivity index (χ4v) is 3.02. The number of methoxy groups -OCH3 is 1. The third-order valence-electron chi connectivity index (χ3n) is 4.57. The Kier molecular flexibility index (Phi) is 6.30. The maximum Gasteiger partial charge on any atom is 0.433 e. The molecular weight excluding hydrogens is 459 g/mol. The molecule has 0 aliphatic heterocycles. The van der Waals surface area contributed by atoms with Gasteiger partial charge in [0.15, 0.2) is 0 Å². The van der Waals surface area contributed by atoms with E-state index >= 15 is 0 Å². The average molecular weight is 473 g/mol. The number of aromatic nitrogens is 2. The first-order chi connectivity index (χ1) is 15.3. The van der Waals surface area contributed by atoms with Crippen molar-refractivity contribution in [3.63, 3.8) is 0 Å². The Morgan fingerprint density at radius 3 is 2.09 bits per heavy atom. The summed E-state index contributed by atoms with van der Waals surface area (Å²) in [6.45, 7) is 0. The van der Waals surface area contributed by atoms with Crippen molar-refractivity contribution < 1.29 is 40.3 Å². The largest absolute Gasteiger partial charge is 0.496 e. The monoisotopic (exact) mass is 473 g/mol. The third kappa shape index (κ3) is 5.04. The lowest BCUT2D eigenvalue weighted by Gasteiger charge is -2.22. The van der Waals surface area contributed by atoms with Crippen LogP contribution in [0.3, 0.4) is 0 Å². The summed E-state index contributed by atoms with van der Waals surface area (Å²) in [7, 11) is 2.43. The molecule has 0 saturated carbocycles. The number of benzene rings is 1. The molecule has 1 aromatic carbocycles. The zero-order valence-corrected chi connectivity index (χ0v) is 16.9. The Morgan fingerprint density at radius 2 is 1.55 bits per heavy atom. The number of hydrogen-bond donors (Lipinski definition) is 0. The molecule has 0 saturated heterocycles. The van der Waals surface area contributed by atoms with Gasteiger partial charge < -0.3 is 9.64 Å². The number of carbonyl (C=O) groups is 1. The van der Waals surface area contributed by atoms with Gasteiger partial charge >= 0.3 is 12.4 Å². The van der Waals surface area contributed by atoms with Crippen LogP contribution in [0.25, 0.3) is 11.1 Å². The van der Waals surface area contributed by atoms with Crippen molar-refractivity contribution in [2.75, 3.05) is 19.1 Å². The van der Waals surface area contributed by atoms with Crippen LogP contribution in [0.5, 0.6) is 5.75 Å². The topological polar surface area (TPSA) is 55.3 Å². The number of alkyl halides is 6. The van der Waals surface area contributed by atoms with Gasteiger partial charge in [0.1, 0.15) is 23.0 Å². The molecule has 0 aliphatic rings. The fraction of sp³-hybridized carbons (Fsp3) is 0.190. The fourth-order valence-electron chi connectivity index (χ4n) is 3.02. The molecule has 12 heteroatoms. The normalized spacial score (nSPS) is 11.9. The maximum atomic E-state index is 13.6. The molecule has 0 spiro atoms. The van der Waals surface area contributed by atoms with Crippen LogP contribution in [0, 0.1) is 5.82 Å². The van der Waals surface area contributed by atoms with Gasteiger partial charge in [-0.15, -0.1) is 0 Å². The standard InChI is InChI=1S/C21H14F7N3O2/c1-31(15-10-29-6-5-13(15)14-4-3-12(22)9-16(14)33-2)19(32)11-7-17(20(23,24)25)30-18(8-11)21(26,27)28/h3-10H,1-2H3. The van der Waals surface area contributed by atoms with E-state index in [1.807, 2.05) is 0 Å². The average Bonchev–Trinajstić information content (AvgIpc) is 2.76. The molecule has 2 heterocycles. The summed E-state index contributed by atoms with van der Waals surface area (Å²) in [5.74, 6) is -1.69. The second kappa shape index (κ2) is 8.68. The molecule has 0 unspecified atom stereocenters. The zero-order valence-electron chi connectivity index (χ0n) is 16.9. The Morgan fingerprint density at radius 1 is 0.939 bits per heavy atom. The number of amides is 1. The first-order valence-corrected chi connectivity index (χ1v) is 9.05. The van der Waals surface area contributed by atoms with E-state index in [4.69, 9.17) is 4.74 Å². The van der Waals surface area contributed by atoms with Gasteiger partial charge in [0.25, 0.3) is 5.91 Å². The summed E-state index contributed by atoms with van der Waals surface area (Å²) in [6.07, 6.45) is -7.89. The molecule has 0 radical (unpaired) electrons. The van der Waals surface area contributed by atoms with Crippen LogP contribution < -0.4 is 9.64 Å². The Bertz CT molecular complexity index is 1160. The van der Waals surface area contributed by atoms with Crippen molar-refractivity contribution in [2.24, 2.45) is 0 Å². The van der Waals surface area contributed by atoms with Crippen molar-refractivity contribution >= 4 is 11.6 Å². The van der Waals surface area contributed by atoms with Crippen molar-refractivity contribution in [1.29, 1.82) is 0 Å². The second-order valence-electron chi connectivity index (χ2n) is 6.72. The van der Waals surface area contributed by atoms with Gasteiger partial charge in [-0.2, -0.15) is 26.3 Å². The number of hydrogen-bond acceptors (Lipinski definition) is 4. The van der Waals surface area contributed by atoms with E-state index in [2.05, 4.69) is 9.97 Å². The Hall–Kier alpha value is -3.70. The van der Waals surface area contributed by atoms with E-state index in [9.17, 15) is 35.5 Å². The molecular formula is C21H14F7N3O2. The van der Waals surface area contributed by atoms with E-state index in [-0.39, 0.29) is 29.1 Å². The second-order valence-corrected chi connectivity index (χ2v) is 6.72. The van der Waals surface area contributed by atoms with Gasteiger partial charge in [0.2, 0.25) is 0 Å². The van der Waals surface area contributed by atoms with Gasteiger partial charge in [0, 0.05) is 36.0 Å². The lowest BCUT2D eigenvalue weighted by Crippen LogP contribution is -2.28. The molecule has 0 aliphatic carbocycles. The van der Waals surface area contributed by atoms with Crippen molar-refractivity contribution in [1.82, 2.24) is 9.97 Å². The minimum Gasteiger partial charge on any atom is -0.496 e. The summed E-state index contributed by atoms with van der Waals surface area (Å²) in [4.78, 5) is 20.2. The quantitative estimate of drug-likeness (QED) is 0.463. The van der Waals surface area contributed by atoms with Crippen molar-refractivity contribution in [2.45, 2.75) is 12.4 Å². The highest BCUT2D eigenvalue weighted by atomic mass is 19.4. The van der Waals surface area contributed by atoms with Crippen LogP contribution in [-0.2, 0) is 12.4 Å². The van der Waals surface area contributed by atoms with Crippen LogP contribution in [0.4, 0.5) is 36.4 Å². The van der Waals surface area contributed by atoms with E-state index in [1.165, 1.54) is 31.6 Å². The SMILES string of the molecule is COc1cc(F)ccc1-c1ccncc1N(C)C(=O)c1cc(C(F)(F)F)nc(C(F)(F)F)c1. The minimum absolute atomic E-state index is 0.0336. The summed E-state index contributed by atoms with van der Waals surface area (Å²) >= 11 is 0. The Balaban J connectivity index is 2.12. The van der Waals surface area contributed by atoms with Crippen LogP contribution >= 0.6 is 0 Å². The van der Waals surface area contributed by atoms with Crippen molar-refractivity contribution in [3.05, 3.63) is 71.6 Å². The molecule has 0 bridgehead atoms. The van der Waals surface area contributed by atoms with Crippen LogP contribution in [-0.4, -0.2) is 30.0 Å². The van der Waals surface area contributed by atoms with E-state index < -0.39 is 41.0 Å². The summed E-state index contributed by atoms with van der Waals surface area (Å²) in [6, 6.07) is 5.46. The number of carbonyl (C=O) groups excluding carboxylic acids is 1. The molecule has 5 nitrogen and oxygen atoms in total. The summed E-state index contributed by atoms with van der Waals surface area (Å²) in [5, 5.41) is 0. The van der Waals surface area contributed by atoms with Gasteiger partial charge in [-0.3, -0.25) is 9.78 Å². The molecule has 1 amide bonds. The first kappa shape index (κ1) is 24.0. The van der Waals surface area contributed by atoms with Crippen molar-refractivity contribution in [3.8, 4) is 16.9 Å². The number of nitrogens with zero attached hydrogens (tertiary/aromatic N) is 3. The highest BCUT2D eigenvalue weighted by molar-refractivity contribution is 6.08. The number of ether oxygens (including phenoxy) is 1. The number of pyridine rings is 2. The smallest absolute Gasteiger partial charge is 0.433 e. The molecule has 33 heavy (non-hydrogen) atoms. The Labute approximate surface area is 182 Å². The van der Waals surface area contributed by atoms with Gasteiger partial charge in [-0.1, -0.05) is 0 Å². The lowest BCUT2D eigenvalue weighted by atomic mass is 10.0. The highest BCUT2D eigenvalue weighted by Crippen LogP contribution is 2.38. The van der Waals surface area contributed by atoms with Crippen LogP contribution in [0.15, 0.2) is 48.8 Å². The predicted octanol–water partition coefficient (Wildman–Crippen LogP) is 5.61. The lowest BCUT2D eigenvalue weighted by molar-refractivity contribution is -0.150. The van der Waals surface area contributed by atoms with E-state index in [0.29, 0.717) is 5.56 Å². The van der Waals surface area contributed by atoms with Crippen LogP contribution in [0.2, 0.25) is 0 Å². The van der Waals surface area contributed by atoms with Gasteiger partial charge in [-0.05, 0) is 30.3 Å². The third-order valence-corrected chi connectivity index (χ3v) is 4.57. The first-order valence-electron chi connectivity index (χ1n) is 9.05. The molecule has 3 aromatic rings. The number of rotatable bonds is 4. The van der Waals surface area contributed by atoms with E-state index in [1.54, 1.807) is 0 Å².